The first kappa shape index (κ1) is 28.9. The number of amides is 4. The third-order valence-corrected chi connectivity index (χ3v) is 5.58. The minimum Gasteiger partial charge on any atom is -0.480 e. The topological polar surface area (TPSA) is 194 Å². The molecule has 0 spiro atoms. The number of carbonyl (C=O) groups is 5. The van der Waals surface area contributed by atoms with Crippen molar-refractivity contribution in [3.63, 3.8) is 0 Å². The van der Waals surface area contributed by atoms with E-state index in [1.807, 2.05) is 12.3 Å². The number of benzene rings is 1. The average molecular weight is 496 g/mol. The van der Waals surface area contributed by atoms with E-state index in [9.17, 15) is 29.1 Å². The molecule has 0 fully saturated rings. The SMILES string of the molecule is CSCCC(N)C(=O)NC(Cc1ccccc1)C(=O)NC(C)C(=O)NC(CCC(N)=O)C(=O)O. The van der Waals surface area contributed by atoms with Crippen LogP contribution < -0.4 is 27.4 Å². The lowest BCUT2D eigenvalue weighted by Gasteiger charge is -2.23. The Hall–Kier alpha value is -3.12. The lowest BCUT2D eigenvalue weighted by atomic mass is 10.0. The maximum absolute atomic E-state index is 12.9. The van der Waals surface area contributed by atoms with E-state index >= 15 is 0 Å². The van der Waals surface area contributed by atoms with Gasteiger partial charge in [-0.2, -0.15) is 11.8 Å². The van der Waals surface area contributed by atoms with Crippen LogP contribution in [0.4, 0.5) is 0 Å². The fraction of sp³-hybridized carbons (Fsp3) is 0.500. The summed E-state index contributed by atoms with van der Waals surface area (Å²) >= 11 is 1.55. The summed E-state index contributed by atoms with van der Waals surface area (Å²) in [5, 5.41) is 16.7. The molecule has 4 unspecified atom stereocenters. The molecule has 1 rings (SSSR count). The van der Waals surface area contributed by atoms with Crippen LogP contribution in [0.2, 0.25) is 0 Å². The third-order valence-electron chi connectivity index (χ3n) is 4.93. The van der Waals surface area contributed by atoms with Gasteiger partial charge in [0.1, 0.15) is 18.1 Å². The van der Waals surface area contributed by atoms with Gasteiger partial charge in [-0.25, -0.2) is 4.79 Å². The van der Waals surface area contributed by atoms with Crippen LogP contribution in [0.3, 0.4) is 0 Å². The third kappa shape index (κ3) is 10.7. The van der Waals surface area contributed by atoms with E-state index in [2.05, 4.69) is 16.0 Å². The highest BCUT2D eigenvalue weighted by molar-refractivity contribution is 7.98. The molecule has 0 saturated carbocycles. The monoisotopic (exact) mass is 495 g/mol. The van der Waals surface area contributed by atoms with Gasteiger partial charge >= 0.3 is 5.97 Å². The standard InChI is InChI=1S/C22H33N5O6S/c1-13(19(29)26-16(22(32)33)8-9-18(24)28)25-21(31)17(12-14-6-4-3-5-7-14)27-20(30)15(23)10-11-34-2/h3-7,13,15-17H,8-12,23H2,1-2H3,(H2,24,28)(H,25,31)(H,26,29)(H,27,30)(H,32,33). The molecule has 0 radical (unpaired) electrons. The zero-order chi connectivity index (χ0) is 25.7. The highest BCUT2D eigenvalue weighted by Crippen LogP contribution is 2.06. The molecule has 11 nitrogen and oxygen atoms in total. The van der Waals surface area contributed by atoms with Gasteiger partial charge in [-0.05, 0) is 37.3 Å². The molecule has 0 bridgehead atoms. The number of aliphatic carboxylic acids is 1. The summed E-state index contributed by atoms with van der Waals surface area (Å²) in [7, 11) is 0. The number of carboxylic acid groups (broad SMARTS) is 1. The first-order valence-electron chi connectivity index (χ1n) is 10.8. The van der Waals surface area contributed by atoms with Crippen LogP contribution in [0, 0.1) is 0 Å². The largest absolute Gasteiger partial charge is 0.480 e. The Labute approximate surface area is 202 Å². The van der Waals surface area contributed by atoms with Crippen LogP contribution in [-0.2, 0) is 30.4 Å². The lowest BCUT2D eigenvalue weighted by Crippen LogP contribution is -2.57. The molecule has 0 aromatic heterocycles. The summed E-state index contributed by atoms with van der Waals surface area (Å²) in [6.45, 7) is 1.38. The van der Waals surface area contributed by atoms with Crippen molar-refractivity contribution in [2.24, 2.45) is 11.5 Å². The van der Waals surface area contributed by atoms with Gasteiger partial charge in [0.15, 0.2) is 0 Å². The number of carbonyl (C=O) groups excluding carboxylic acids is 4. The predicted molar refractivity (Wildman–Crippen MR) is 129 cm³/mol. The number of rotatable bonds is 15. The van der Waals surface area contributed by atoms with Gasteiger partial charge in [-0.3, -0.25) is 19.2 Å². The van der Waals surface area contributed by atoms with Crippen molar-refractivity contribution in [3.05, 3.63) is 35.9 Å². The van der Waals surface area contributed by atoms with Crippen LogP contribution in [0.25, 0.3) is 0 Å². The fourth-order valence-corrected chi connectivity index (χ4v) is 3.42. The minimum atomic E-state index is -1.34. The maximum Gasteiger partial charge on any atom is 0.326 e. The van der Waals surface area contributed by atoms with Crippen molar-refractivity contribution in [1.82, 2.24) is 16.0 Å². The Balaban J connectivity index is 2.86. The van der Waals surface area contributed by atoms with Gasteiger partial charge in [0.25, 0.3) is 0 Å². The molecule has 0 heterocycles. The molecular formula is C22H33N5O6S. The zero-order valence-corrected chi connectivity index (χ0v) is 20.1. The molecule has 4 atom stereocenters. The number of hydrogen-bond acceptors (Lipinski definition) is 7. The van der Waals surface area contributed by atoms with E-state index in [4.69, 9.17) is 11.5 Å². The van der Waals surface area contributed by atoms with Crippen LogP contribution in [-0.4, -0.2) is 70.9 Å². The zero-order valence-electron chi connectivity index (χ0n) is 19.3. The van der Waals surface area contributed by atoms with E-state index in [0.717, 1.165) is 5.56 Å². The molecule has 0 aliphatic heterocycles. The Morgan fingerprint density at radius 3 is 2.12 bits per heavy atom. The summed E-state index contributed by atoms with van der Waals surface area (Å²) in [5.74, 6) is -3.21. The molecule has 0 saturated heterocycles. The van der Waals surface area contributed by atoms with Crippen LogP contribution in [0.5, 0.6) is 0 Å². The number of nitrogens with one attached hydrogen (secondary N) is 3. The summed E-state index contributed by atoms with van der Waals surface area (Å²) in [6.07, 6.45) is 2.09. The second-order valence-electron chi connectivity index (χ2n) is 7.77. The number of nitrogens with two attached hydrogens (primary N) is 2. The van der Waals surface area contributed by atoms with Gasteiger partial charge in [0.05, 0.1) is 6.04 Å². The first-order valence-corrected chi connectivity index (χ1v) is 12.1. The molecule has 188 valence electrons. The molecule has 4 amide bonds. The molecule has 1 aromatic rings. The molecule has 0 aliphatic carbocycles. The number of carboxylic acids is 1. The van der Waals surface area contributed by atoms with Crippen molar-refractivity contribution < 1.29 is 29.1 Å². The van der Waals surface area contributed by atoms with Crippen molar-refractivity contribution in [3.8, 4) is 0 Å². The van der Waals surface area contributed by atoms with E-state index in [0.29, 0.717) is 12.2 Å². The van der Waals surface area contributed by atoms with E-state index in [1.54, 1.807) is 36.0 Å². The van der Waals surface area contributed by atoms with Crippen LogP contribution >= 0.6 is 11.8 Å². The molecule has 0 aliphatic rings. The van der Waals surface area contributed by atoms with Gasteiger partial charge in [-0.1, -0.05) is 30.3 Å². The fourth-order valence-electron chi connectivity index (χ4n) is 2.93. The Morgan fingerprint density at radius 2 is 1.56 bits per heavy atom. The van der Waals surface area contributed by atoms with Crippen LogP contribution in [0.15, 0.2) is 30.3 Å². The summed E-state index contributed by atoms with van der Waals surface area (Å²) < 4.78 is 0. The van der Waals surface area contributed by atoms with Crippen molar-refractivity contribution in [2.75, 3.05) is 12.0 Å². The average Bonchev–Trinajstić information content (AvgIpc) is 2.79. The Bertz CT molecular complexity index is 853. The highest BCUT2D eigenvalue weighted by Gasteiger charge is 2.28. The smallest absolute Gasteiger partial charge is 0.326 e. The summed E-state index contributed by atoms with van der Waals surface area (Å²) in [4.78, 5) is 60.2. The summed E-state index contributed by atoms with van der Waals surface area (Å²) in [6, 6.07) is 4.76. The van der Waals surface area contributed by atoms with E-state index < -0.39 is 53.8 Å². The van der Waals surface area contributed by atoms with Gasteiger partial charge in [0.2, 0.25) is 23.6 Å². The van der Waals surface area contributed by atoms with Crippen molar-refractivity contribution in [2.45, 2.75) is 56.8 Å². The second kappa shape index (κ2) is 14.9. The van der Waals surface area contributed by atoms with Gasteiger partial charge < -0.3 is 32.5 Å². The van der Waals surface area contributed by atoms with E-state index in [1.165, 1.54) is 6.92 Å². The predicted octanol–water partition coefficient (Wildman–Crippen LogP) is -0.866. The highest BCUT2D eigenvalue weighted by atomic mass is 32.2. The van der Waals surface area contributed by atoms with Crippen molar-refractivity contribution >= 4 is 41.4 Å². The Kier molecular flexibility index (Phi) is 12.7. The summed E-state index contributed by atoms with van der Waals surface area (Å²) in [5.41, 5.74) is 11.7. The minimum absolute atomic E-state index is 0.165. The van der Waals surface area contributed by atoms with Gasteiger partial charge in [-0.15, -0.1) is 0 Å². The van der Waals surface area contributed by atoms with E-state index in [-0.39, 0.29) is 19.3 Å². The quantitative estimate of drug-likeness (QED) is 0.181. The maximum atomic E-state index is 12.9. The first-order chi connectivity index (χ1) is 16.0. The second-order valence-corrected chi connectivity index (χ2v) is 8.76. The molecule has 1 aromatic carbocycles. The molecule has 12 heteroatoms. The number of hydrogen-bond donors (Lipinski definition) is 6. The lowest BCUT2D eigenvalue weighted by molar-refractivity contribution is -0.142. The molecular weight excluding hydrogens is 462 g/mol. The Morgan fingerprint density at radius 1 is 0.941 bits per heavy atom. The molecule has 8 N–H and O–H groups in total. The normalized spacial score (nSPS) is 14.2. The van der Waals surface area contributed by atoms with Crippen LogP contribution in [0.1, 0.15) is 31.7 Å². The number of primary amides is 1. The number of thioether (sulfide) groups is 1. The van der Waals surface area contributed by atoms with Crippen molar-refractivity contribution in [1.29, 1.82) is 0 Å². The van der Waals surface area contributed by atoms with Gasteiger partial charge in [0, 0.05) is 12.8 Å². The molecule has 34 heavy (non-hydrogen) atoms.